The molecule has 1 aliphatic heterocycles. The second kappa shape index (κ2) is 5.68. The highest BCUT2D eigenvalue weighted by molar-refractivity contribution is 7.08. The standard InChI is InChI=1S/C16H18N4OS/c21-16(11-5-7-22-9-11)19-12-4-6-20(8-12)15-13-2-1-3-14(13)17-10-18-15/h5,7,9-10,12H,1-4,6,8H2,(H,19,21)/t12-/m1/s1. The fourth-order valence-electron chi connectivity index (χ4n) is 3.35. The lowest BCUT2D eigenvalue weighted by molar-refractivity contribution is 0.0941. The van der Waals surface area contributed by atoms with E-state index in [2.05, 4.69) is 20.2 Å². The Balaban J connectivity index is 1.45. The molecule has 0 aromatic carbocycles. The number of hydrogen-bond acceptors (Lipinski definition) is 5. The Bertz CT molecular complexity index is 685. The van der Waals surface area contributed by atoms with Crippen LogP contribution in [0.25, 0.3) is 0 Å². The Hall–Kier alpha value is -1.95. The van der Waals surface area contributed by atoms with Crippen LogP contribution in [0.5, 0.6) is 0 Å². The van der Waals surface area contributed by atoms with Gasteiger partial charge >= 0.3 is 0 Å². The lowest BCUT2D eigenvalue weighted by Crippen LogP contribution is -2.37. The molecule has 114 valence electrons. The average molecular weight is 314 g/mol. The first-order chi connectivity index (χ1) is 10.8. The molecule has 0 bridgehead atoms. The first-order valence-electron chi connectivity index (χ1n) is 7.72. The Morgan fingerprint density at radius 3 is 3.18 bits per heavy atom. The van der Waals surface area contributed by atoms with Crippen molar-refractivity contribution in [1.82, 2.24) is 15.3 Å². The van der Waals surface area contributed by atoms with Gasteiger partial charge in [0.1, 0.15) is 12.1 Å². The van der Waals surface area contributed by atoms with Crippen LogP contribution in [0.15, 0.2) is 23.2 Å². The van der Waals surface area contributed by atoms with Gasteiger partial charge in [-0.05, 0) is 37.1 Å². The molecule has 6 heteroatoms. The Kier molecular flexibility index (Phi) is 3.54. The molecule has 1 atom stereocenters. The Labute approximate surface area is 133 Å². The first-order valence-corrected chi connectivity index (χ1v) is 8.66. The van der Waals surface area contributed by atoms with Gasteiger partial charge in [0.05, 0.1) is 0 Å². The number of nitrogens with one attached hydrogen (secondary N) is 1. The number of anilines is 1. The normalized spacial score (nSPS) is 20.2. The molecule has 1 amide bonds. The quantitative estimate of drug-likeness (QED) is 0.942. The maximum atomic E-state index is 12.1. The lowest BCUT2D eigenvalue weighted by atomic mass is 10.2. The smallest absolute Gasteiger partial charge is 0.252 e. The predicted octanol–water partition coefficient (Wildman–Crippen LogP) is 2.04. The molecule has 1 fully saturated rings. The van der Waals surface area contributed by atoms with Crippen LogP contribution in [-0.2, 0) is 12.8 Å². The van der Waals surface area contributed by atoms with Gasteiger partial charge < -0.3 is 10.2 Å². The minimum absolute atomic E-state index is 0.0287. The van der Waals surface area contributed by atoms with Crippen molar-refractivity contribution in [2.45, 2.75) is 31.7 Å². The van der Waals surface area contributed by atoms with Gasteiger partial charge in [0.25, 0.3) is 5.91 Å². The predicted molar refractivity (Wildman–Crippen MR) is 86.5 cm³/mol. The lowest BCUT2D eigenvalue weighted by Gasteiger charge is -2.20. The largest absolute Gasteiger partial charge is 0.354 e. The number of aryl methyl sites for hydroxylation is 1. The molecule has 1 saturated heterocycles. The number of rotatable bonds is 3. The number of thiophene rings is 1. The van der Waals surface area contributed by atoms with Gasteiger partial charge in [0.2, 0.25) is 0 Å². The van der Waals surface area contributed by atoms with Crippen LogP contribution in [0.4, 0.5) is 5.82 Å². The van der Waals surface area contributed by atoms with Crippen molar-refractivity contribution in [2.75, 3.05) is 18.0 Å². The summed E-state index contributed by atoms with van der Waals surface area (Å²) in [7, 11) is 0. The fourth-order valence-corrected chi connectivity index (χ4v) is 3.98. The van der Waals surface area contributed by atoms with E-state index >= 15 is 0 Å². The Morgan fingerprint density at radius 2 is 2.32 bits per heavy atom. The van der Waals surface area contributed by atoms with Gasteiger partial charge in [-0.3, -0.25) is 4.79 Å². The van der Waals surface area contributed by atoms with Gasteiger partial charge in [-0.15, -0.1) is 0 Å². The third-order valence-electron chi connectivity index (χ3n) is 4.46. The van der Waals surface area contributed by atoms with E-state index in [9.17, 15) is 4.79 Å². The molecule has 1 N–H and O–H groups in total. The third-order valence-corrected chi connectivity index (χ3v) is 5.14. The SMILES string of the molecule is O=C(N[C@@H]1CCN(c2ncnc3c2CCC3)C1)c1ccsc1. The second-order valence-corrected chi connectivity index (χ2v) is 6.67. The van der Waals surface area contributed by atoms with E-state index < -0.39 is 0 Å². The van der Waals surface area contributed by atoms with Crippen LogP contribution in [-0.4, -0.2) is 35.0 Å². The minimum atomic E-state index is 0.0287. The summed E-state index contributed by atoms with van der Waals surface area (Å²) in [6, 6.07) is 2.06. The van der Waals surface area contributed by atoms with E-state index in [0.29, 0.717) is 0 Å². The van der Waals surface area contributed by atoms with Crippen molar-refractivity contribution < 1.29 is 4.79 Å². The molecule has 0 saturated carbocycles. The summed E-state index contributed by atoms with van der Waals surface area (Å²) in [4.78, 5) is 23.3. The number of nitrogens with zero attached hydrogens (tertiary/aromatic N) is 3. The molecule has 1 aliphatic carbocycles. The van der Waals surface area contributed by atoms with Gasteiger partial charge in [-0.2, -0.15) is 11.3 Å². The third kappa shape index (κ3) is 2.47. The minimum Gasteiger partial charge on any atom is -0.354 e. The molecule has 5 nitrogen and oxygen atoms in total. The summed E-state index contributed by atoms with van der Waals surface area (Å²) in [5.74, 6) is 1.11. The molecule has 2 aromatic heterocycles. The van der Waals surface area contributed by atoms with Crippen LogP contribution in [0.2, 0.25) is 0 Å². The number of carbonyl (C=O) groups is 1. The van der Waals surface area contributed by atoms with Gasteiger partial charge in [0.15, 0.2) is 0 Å². The molecule has 3 heterocycles. The first kappa shape index (κ1) is 13.7. The molecule has 2 aromatic rings. The highest BCUT2D eigenvalue weighted by Crippen LogP contribution is 2.29. The summed E-state index contributed by atoms with van der Waals surface area (Å²) >= 11 is 1.55. The van der Waals surface area contributed by atoms with E-state index in [1.807, 2.05) is 16.8 Å². The summed E-state index contributed by atoms with van der Waals surface area (Å²) in [5, 5.41) is 6.95. The molecule has 0 radical (unpaired) electrons. The van der Waals surface area contributed by atoms with Gasteiger partial charge in [0, 0.05) is 41.3 Å². The van der Waals surface area contributed by atoms with Crippen molar-refractivity contribution in [3.8, 4) is 0 Å². The van der Waals surface area contributed by atoms with Gasteiger partial charge in [-0.1, -0.05) is 0 Å². The maximum absolute atomic E-state index is 12.1. The molecular weight excluding hydrogens is 296 g/mol. The maximum Gasteiger partial charge on any atom is 0.252 e. The van der Waals surface area contributed by atoms with E-state index in [4.69, 9.17) is 0 Å². The van der Waals surface area contributed by atoms with Crippen molar-refractivity contribution in [2.24, 2.45) is 0 Å². The van der Waals surface area contributed by atoms with E-state index in [0.717, 1.165) is 43.7 Å². The average Bonchev–Trinajstić information content (AvgIpc) is 3.27. The van der Waals surface area contributed by atoms with Gasteiger partial charge in [-0.25, -0.2) is 9.97 Å². The zero-order valence-corrected chi connectivity index (χ0v) is 13.1. The topological polar surface area (TPSA) is 58.1 Å². The second-order valence-electron chi connectivity index (χ2n) is 5.89. The number of carbonyl (C=O) groups excluding carboxylic acids is 1. The van der Waals surface area contributed by atoms with Crippen LogP contribution in [0.3, 0.4) is 0 Å². The highest BCUT2D eigenvalue weighted by Gasteiger charge is 2.28. The van der Waals surface area contributed by atoms with Crippen LogP contribution >= 0.6 is 11.3 Å². The van der Waals surface area contributed by atoms with Crippen molar-refractivity contribution in [3.63, 3.8) is 0 Å². The summed E-state index contributed by atoms with van der Waals surface area (Å²) in [6.07, 6.45) is 5.96. The molecule has 0 spiro atoms. The number of fused-ring (bicyclic) bond motifs is 1. The van der Waals surface area contributed by atoms with E-state index in [-0.39, 0.29) is 11.9 Å². The van der Waals surface area contributed by atoms with Crippen molar-refractivity contribution >= 4 is 23.1 Å². The molecule has 4 rings (SSSR count). The summed E-state index contributed by atoms with van der Waals surface area (Å²) in [5.41, 5.74) is 3.27. The number of aromatic nitrogens is 2. The van der Waals surface area contributed by atoms with E-state index in [1.54, 1.807) is 17.7 Å². The van der Waals surface area contributed by atoms with Crippen LogP contribution in [0, 0.1) is 0 Å². The highest BCUT2D eigenvalue weighted by atomic mass is 32.1. The number of amides is 1. The summed E-state index contributed by atoms with van der Waals surface area (Å²) < 4.78 is 0. The molecule has 0 unspecified atom stereocenters. The Morgan fingerprint density at radius 1 is 1.36 bits per heavy atom. The number of hydrogen-bond donors (Lipinski definition) is 1. The molecule has 2 aliphatic rings. The zero-order chi connectivity index (χ0) is 14.9. The molecular formula is C16H18N4OS. The van der Waals surface area contributed by atoms with Crippen LogP contribution < -0.4 is 10.2 Å². The van der Waals surface area contributed by atoms with Crippen LogP contribution in [0.1, 0.15) is 34.5 Å². The monoisotopic (exact) mass is 314 g/mol. The van der Waals surface area contributed by atoms with Crippen molar-refractivity contribution in [1.29, 1.82) is 0 Å². The van der Waals surface area contributed by atoms with E-state index in [1.165, 1.54) is 17.7 Å². The molecule has 22 heavy (non-hydrogen) atoms. The zero-order valence-electron chi connectivity index (χ0n) is 12.3. The van der Waals surface area contributed by atoms with Crippen molar-refractivity contribution in [3.05, 3.63) is 40.0 Å². The fraction of sp³-hybridized carbons (Fsp3) is 0.438. The summed E-state index contributed by atoms with van der Waals surface area (Å²) in [6.45, 7) is 1.78.